The molecular weight excluding hydrogens is 312 g/mol. The molecule has 2 rings (SSSR count). The molecule has 25 heavy (non-hydrogen) atoms. The van der Waals surface area contributed by atoms with Gasteiger partial charge in [-0.25, -0.2) is 0 Å². The van der Waals surface area contributed by atoms with Gasteiger partial charge in [0.25, 0.3) is 0 Å². The van der Waals surface area contributed by atoms with E-state index in [0.29, 0.717) is 18.3 Å². The second kappa shape index (κ2) is 9.44. The van der Waals surface area contributed by atoms with Gasteiger partial charge in [-0.2, -0.15) is 0 Å². The largest absolute Gasteiger partial charge is 0.356 e. The van der Waals surface area contributed by atoms with Gasteiger partial charge in [-0.15, -0.1) is 0 Å². The highest BCUT2D eigenvalue weighted by Gasteiger charge is 2.26. The summed E-state index contributed by atoms with van der Waals surface area (Å²) in [6.07, 6.45) is 1.55. The number of rotatable bonds is 6. The van der Waals surface area contributed by atoms with E-state index in [0.717, 1.165) is 32.0 Å². The van der Waals surface area contributed by atoms with Crippen LogP contribution in [0.5, 0.6) is 0 Å². The lowest BCUT2D eigenvalue weighted by molar-refractivity contribution is -0.129. The van der Waals surface area contributed by atoms with Crippen LogP contribution in [0.15, 0.2) is 35.3 Å². The number of carbonyl (C=O) groups is 1. The average Bonchev–Trinajstić information content (AvgIpc) is 3.09. The van der Waals surface area contributed by atoms with Crippen LogP contribution in [0.3, 0.4) is 0 Å². The lowest BCUT2D eigenvalue weighted by Crippen LogP contribution is -2.46. The molecule has 138 valence electrons. The fraction of sp³-hybridized carbons (Fsp3) is 0.600. The Morgan fingerprint density at radius 2 is 2.04 bits per heavy atom. The summed E-state index contributed by atoms with van der Waals surface area (Å²) in [5, 5.41) is 6.94. The Hall–Kier alpha value is -2.04. The zero-order valence-electron chi connectivity index (χ0n) is 16.0. The number of carbonyl (C=O) groups excluding carboxylic acids is 1. The van der Waals surface area contributed by atoms with Gasteiger partial charge in [-0.3, -0.25) is 9.79 Å². The maximum atomic E-state index is 11.8. The molecule has 1 heterocycles. The van der Waals surface area contributed by atoms with Gasteiger partial charge in [0.2, 0.25) is 5.91 Å². The zero-order valence-corrected chi connectivity index (χ0v) is 16.0. The molecule has 2 unspecified atom stereocenters. The number of amides is 1. The quantitative estimate of drug-likeness (QED) is 0.616. The molecule has 5 nitrogen and oxygen atoms in total. The van der Waals surface area contributed by atoms with Crippen molar-refractivity contribution in [1.29, 1.82) is 0 Å². The molecule has 0 radical (unpaired) electrons. The van der Waals surface area contributed by atoms with E-state index in [2.05, 4.69) is 59.8 Å². The molecule has 1 amide bonds. The summed E-state index contributed by atoms with van der Waals surface area (Å²) in [6, 6.07) is 10.9. The van der Waals surface area contributed by atoms with Crippen molar-refractivity contribution >= 4 is 11.9 Å². The molecule has 1 fully saturated rings. The first-order valence-electron chi connectivity index (χ1n) is 9.35. The number of aliphatic imine (C=N–C) groups is 1. The highest BCUT2D eigenvalue weighted by atomic mass is 16.2. The smallest absolute Gasteiger partial charge is 0.222 e. The summed E-state index contributed by atoms with van der Waals surface area (Å²) in [5.41, 5.74) is 1.35. The van der Waals surface area contributed by atoms with Crippen LogP contribution in [-0.4, -0.2) is 49.5 Å². The van der Waals surface area contributed by atoms with Crippen molar-refractivity contribution in [3.05, 3.63) is 35.9 Å². The first kappa shape index (κ1) is 19.3. The van der Waals surface area contributed by atoms with Gasteiger partial charge in [0.1, 0.15) is 0 Å². The van der Waals surface area contributed by atoms with Crippen molar-refractivity contribution < 1.29 is 4.79 Å². The van der Waals surface area contributed by atoms with Crippen molar-refractivity contribution in [2.75, 3.05) is 26.7 Å². The molecule has 5 heteroatoms. The van der Waals surface area contributed by atoms with Crippen LogP contribution in [0.2, 0.25) is 0 Å². The number of likely N-dealkylation sites (tertiary alicyclic amines) is 1. The molecular formula is C20H32N4O. The van der Waals surface area contributed by atoms with E-state index < -0.39 is 0 Å². The van der Waals surface area contributed by atoms with Crippen LogP contribution in [0.4, 0.5) is 0 Å². The molecule has 1 aromatic rings. The number of nitrogens with one attached hydrogen (secondary N) is 2. The number of benzene rings is 1. The van der Waals surface area contributed by atoms with E-state index in [1.165, 1.54) is 5.56 Å². The van der Waals surface area contributed by atoms with Crippen molar-refractivity contribution in [1.82, 2.24) is 15.5 Å². The van der Waals surface area contributed by atoms with Crippen LogP contribution in [-0.2, 0) is 4.79 Å². The van der Waals surface area contributed by atoms with Crippen LogP contribution < -0.4 is 10.6 Å². The van der Waals surface area contributed by atoms with E-state index in [1.54, 1.807) is 7.05 Å². The Morgan fingerprint density at radius 3 is 2.64 bits per heavy atom. The minimum absolute atomic E-state index is 0.233. The van der Waals surface area contributed by atoms with Gasteiger partial charge in [-0.05, 0) is 17.9 Å². The monoisotopic (exact) mass is 344 g/mol. The summed E-state index contributed by atoms with van der Waals surface area (Å²) in [5.74, 6) is 2.02. The van der Waals surface area contributed by atoms with E-state index >= 15 is 0 Å². The van der Waals surface area contributed by atoms with Gasteiger partial charge in [0.15, 0.2) is 5.96 Å². The van der Waals surface area contributed by atoms with Crippen molar-refractivity contribution in [2.24, 2.45) is 10.9 Å². The predicted octanol–water partition coefficient (Wildman–Crippen LogP) is 2.60. The maximum absolute atomic E-state index is 11.8. The lowest BCUT2D eigenvalue weighted by atomic mass is 9.88. The van der Waals surface area contributed by atoms with E-state index in [4.69, 9.17) is 0 Å². The molecule has 0 aliphatic carbocycles. The van der Waals surface area contributed by atoms with Crippen LogP contribution >= 0.6 is 0 Å². The molecule has 0 bridgehead atoms. The van der Waals surface area contributed by atoms with E-state index in [1.807, 2.05) is 11.8 Å². The average molecular weight is 345 g/mol. The molecule has 1 aliphatic heterocycles. The zero-order chi connectivity index (χ0) is 18.2. The number of hydrogen-bond acceptors (Lipinski definition) is 2. The van der Waals surface area contributed by atoms with Crippen LogP contribution in [0.25, 0.3) is 0 Å². The normalized spacial score (nSPS) is 19.2. The summed E-state index contributed by atoms with van der Waals surface area (Å²) >= 11 is 0. The number of hydrogen-bond donors (Lipinski definition) is 2. The van der Waals surface area contributed by atoms with Gasteiger partial charge >= 0.3 is 0 Å². The number of nitrogens with zero attached hydrogens (tertiary/aromatic N) is 2. The van der Waals surface area contributed by atoms with Crippen molar-refractivity contribution in [3.63, 3.8) is 0 Å². The first-order valence-corrected chi connectivity index (χ1v) is 9.35. The third-order valence-corrected chi connectivity index (χ3v) is 4.93. The predicted molar refractivity (Wildman–Crippen MR) is 104 cm³/mol. The molecule has 2 N–H and O–H groups in total. The molecule has 1 saturated heterocycles. The molecule has 2 atom stereocenters. The fourth-order valence-electron chi connectivity index (χ4n) is 3.36. The standard InChI is InChI=1S/C20H32N4O/c1-5-19(25)24-12-11-17(14-24)23-20(21-4)22-13-18(15(2)3)16-9-7-6-8-10-16/h6-10,15,17-18H,5,11-14H2,1-4H3,(H2,21,22,23). The maximum Gasteiger partial charge on any atom is 0.222 e. The topological polar surface area (TPSA) is 56.7 Å². The van der Waals surface area contributed by atoms with Crippen LogP contribution in [0.1, 0.15) is 45.1 Å². The SMILES string of the molecule is CCC(=O)N1CCC(NC(=NC)NCC(c2ccccc2)C(C)C)C1. The molecule has 0 spiro atoms. The van der Waals surface area contributed by atoms with E-state index in [-0.39, 0.29) is 11.9 Å². The Morgan fingerprint density at radius 1 is 1.32 bits per heavy atom. The van der Waals surface area contributed by atoms with Gasteiger partial charge < -0.3 is 15.5 Å². The lowest BCUT2D eigenvalue weighted by Gasteiger charge is -2.24. The molecule has 1 aromatic carbocycles. The second-order valence-electron chi connectivity index (χ2n) is 7.04. The summed E-state index contributed by atoms with van der Waals surface area (Å²) in [6.45, 7) is 8.85. The van der Waals surface area contributed by atoms with Gasteiger partial charge in [0, 0.05) is 45.1 Å². The highest BCUT2D eigenvalue weighted by Crippen LogP contribution is 2.23. The summed E-state index contributed by atoms with van der Waals surface area (Å²) < 4.78 is 0. The summed E-state index contributed by atoms with van der Waals surface area (Å²) in [4.78, 5) is 18.1. The third kappa shape index (κ3) is 5.48. The van der Waals surface area contributed by atoms with Crippen molar-refractivity contribution in [2.45, 2.75) is 45.6 Å². The first-order chi connectivity index (χ1) is 12.0. The Kier molecular flexibility index (Phi) is 7.29. The fourth-order valence-corrected chi connectivity index (χ4v) is 3.36. The Labute approximate surface area is 151 Å². The summed E-state index contributed by atoms with van der Waals surface area (Å²) in [7, 11) is 1.80. The molecule has 0 aromatic heterocycles. The molecule has 0 saturated carbocycles. The Balaban J connectivity index is 1.88. The minimum atomic E-state index is 0.233. The van der Waals surface area contributed by atoms with Crippen molar-refractivity contribution in [3.8, 4) is 0 Å². The third-order valence-electron chi connectivity index (χ3n) is 4.93. The molecule has 1 aliphatic rings. The Bertz CT molecular complexity index is 570. The van der Waals surface area contributed by atoms with E-state index in [9.17, 15) is 4.79 Å². The van der Waals surface area contributed by atoms with Gasteiger partial charge in [0.05, 0.1) is 0 Å². The minimum Gasteiger partial charge on any atom is -0.356 e. The second-order valence-corrected chi connectivity index (χ2v) is 7.04. The van der Waals surface area contributed by atoms with Gasteiger partial charge in [-0.1, -0.05) is 51.1 Å². The number of guanidine groups is 1. The highest BCUT2D eigenvalue weighted by molar-refractivity contribution is 5.80. The van der Waals surface area contributed by atoms with Crippen LogP contribution in [0, 0.1) is 5.92 Å².